The zero-order valence-corrected chi connectivity index (χ0v) is 23.3. The van der Waals surface area contributed by atoms with Crippen LogP contribution < -0.4 is 11.1 Å². The molecule has 0 fully saturated rings. The van der Waals surface area contributed by atoms with Crippen molar-refractivity contribution in [3.8, 4) is 11.5 Å². The number of hydrogen-bond acceptors (Lipinski definition) is 8. The number of aliphatic carboxylic acids is 1. The molecule has 10 nitrogen and oxygen atoms in total. The molecule has 1 amide bonds. The van der Waals surface area contributed by atoms with Crippen molar-refractivity contribution in [3.63, 3.8) is 0 Å². The molecule has 6 rings (SSSR count). The third-order valence-corrected chi connectivity index (χ3v) is 8.56. The Labute approximate surface area is 238 Å². The first-order valence-electron chi connectivity index (χ1n) is 12.9. The van der Waals surface area contributed by atoms with E-state index < -0.39 is 16.8 Å². The number of rotatable bonds is 7. The number of benzene rings is 2. The van der Waals surface area contributed by atoms with Gasteiger partial charge in [-0.05, 0) is 32.9 Å². The van der Waals surface area contributed by atoms with E-state index in [0.29, 0.717) is 27.5 Å². The molecule has 0 aliphatic carbocycles. The lowest BCUT2D eigenvalue weighted by molar-refractivity contribution is -0.146. The molecule has 0 saturated heterocycles. The third-order valence-electron chi connectivity index (χ3n) is 7.45. The highest BCUT2D eigenvalue weighted by atomic mass is 32.1. The molecule has 4 heterocycles. The van der Waals surface area contributed by atoms with Crippen molar-refractivity contribution in [2.24, 2.45) is 5.41 Å². The summed E-state index contributed by atoms with van der Waals surface area (Å²) in [6.07, 6.45) is 0.205. The first-order chi connectivity index (χ1) is 19.5. The molecule has 1 aliphatic rings. The number of halogens is 1. The van der Waals surface area contributed by atoms with Gasteiger partial charge in [0, 0.05) is 22.8 Å². The average molecular weight is 572 g/mol. The molecule has 1 unspecified atom stereocenters. The van der Waals surface area contributed by atoms with E-state index >= 15 is 0 Å². The van der Waals surface area contributed by atoms with Gasteiger partial charge < -0.3 is 16.2 Å². The zero-order valence-electron chi connectivity index (χ0n) is 22.5. The highest BCUT2D eigenvalue weighted by molar-refractivity contribution is 7.10. The molecule has 0 spiro atoms. The summed E-state index contributed by atoms with van der Waals surface area (Å²) in [7, 11) is 0. The minimum Gasteiger partial charge on any atom is -0.481 e. The van der Waals surface area contributed by atoms with Crippen LogP contribution in [0.5, 0.6) is 0 Å². The van der Waals surface area contributed by atoms with Gasteiger partial charge in [0.05, 0.1) is 28.7 Å². The van der Waals surface area contributed by atoms with Crippen LogP contribution in [0.25, 0.3) is 22.4 Å². The molecule has 3 aromatic heterocycles. The van der Waals surface area contributed by atoms with Gasteiger partial charge in [-0.15, -0.1) is 11.3 Å². The highest BCUT2D eigenvalue weighted by Crippen LogP contribution is 2.46. The average Bonchev–Trinajstić information content (AvgIpc) is 3.61. The lowest BCUT2D eigenvalue weighted by atomic mass is 9.85. The Morgan fingerprint density at radius 2 is 1.88 bits per heavy atom. The number of hydrogen-bond donors (Lipinski definition) is 3. The molecular weight excluding hydrogens is 545 g/mol. The SMILES string of the molecule is CC(C)(Cc1csc(C2(C)C(=O)Nc3nc(-c4nn(Cc5ccccc5F)c5ccccc45)nc(N)c32)n1)C(=O)O. The van der Waals surface area contributed by atoms with Crippen LogP contribution in [0.3, 0.4) is 0 Å². The second kappa shape index (κ2) is 9.44. The van der Waals surface area contributed by atoms with Gasteiger partial charge in [0.25, 0.3) is 0 Å². The standard InChI is InChI=1S/C29H26FN7O3S/c1-28(2,27(39)40)12-16-14-41-26(32-16)29(3)20-22(31)33-24(34-23(20)35-25(29)38)21-17-9-5-7-11-19(17)37(36-21)13-15-8-4-6-10-18(15)30/h4-11,14H,12-13H2,1-3H3,(H,39,40)(H3,31,33,34,35,38). The van der Waals surface area contributed by atoms with Crippen LogP contribution in [-0.4, -0.2) is 41.7 Å². The topological polar surface area (TPSA) is 149 Å². The van der Waals surface area contributed by atoms with E-state index in [2.05, 4.69) is 20.3 Å². The van der Waals surface area contributed by atoms with Crippen LogP contribution in [-0.2, 0) is 28.0 Å². The Morgan fingerprint density at radius 1 is 1.15 bits per heavy atom. The summed E-state index contributed by atoms with van der Waals surface area (Å²) in [6, 6.07) is 14.0. The number of carboxylic acids is 1. The van der Waals surface area contributed by atoms with Crippen molar-refractivity contribution < 1.29 is 19.1 Å². The van der Waals surface area contributed by atoms with Crippen LogP contribution in [0, 0.1) is 11.2 Å². The van der Waals surface area contributed by atoms with Gasteiger partial charge in [0.1, 0.15) is 33.6 Å². The Hall–Kier alpha value is -4.71. The lowest BCUT2D eigenvalue weighted by Gasteiger charge is -2.20. The maximum absolute atomic E-state index is 14.4. The Balaban J connectivity index is 1.41. The van der Waals surface area contributed by atoms with Crippen molar-refractivity contribution in [2.45, 2.75) is 39.2 Å². The van der Waals surface area contributed by atoms with E-state index in [0.717, 1.165) is 10.9 Å². The molecule has 41 heavy (non-hydrogen) atoms. The quantitative estimate of drug-likeness (QED) is 0.256. The van der Waals surface area contributed by atoms with Crippen molar-refractivity contribution in [3.05, 3.63) is 81.6 Å². The number of carboxylic acid groups (broad SMARTS) is 1. The van der Waals surface area contributed by atoms with E-state index in [1.807, 2.05) is 24.3 Å². The van der Waals surface area contributed by atoms with E-state index in [1.54, 1.807) is 49.0 Å². The third kappa shape index (κ3) is 4.31. The zero-order chi connectivity index (χ0) is 29.1. The molecule has 12 heteroatoms. The number of aromatic nitrogens is 5. The fourth-order valence-corrected chi connectivity index (χ4v) is 6.05. The fourth-order valence-electron chi connectivity index (χ4n) is 5.06. The minimum atomic E-state index is -1.26. The highest BCUT2D eigenvalue weighted by Gasteiger charge is 2.50. The van der Waals surface area contributed by atoms with Crippen LogP contribution in [0.15, 0.2) is 53.9 Å². The second-order valence-corrected chi connectivity index (χ2v) is 11.7. The molecule has 0 saturated carbocycles. The molecule has 0 radical (unpaired) electrons. The molecule has 1 atom stereocenters. The smallest absolute Gasteiger partial charge is 0.309 e. The van der Waals surface area contributed by atoms with Gasteiger partial charge >= 0.3 is 5.97 Å². The molecule has 4 N–H and O–H groups in total. The van der Waals surface area contributed by atoms with Crippen LogP contribution in [0.1, 0.15) is 42.6 Å². The summed E-state index contributed by atoms with van der Waals surface area (Å²) in [4.78, 5) is 38.9. The number of anilines is 2. The number of nitrogen functional groups attached to an aromatic ring is 1. The predicted molar refractivity (Wildman–Crippen MR) is 153 cm³/mol. The predicted octanol–water partition coefficient (Wildman–Crippen LogP) is 4.63. The number of carbonyl (C=O) groups is 2. The summed E-state index contributed by atoms with van der Waals surface area (Å²) in [5, 5.41) is 20.0. The minimum absolute atomic E-state index is 0.0983. The summed E-state index contributed by atoms with van der Waals surface area (Å²) in [5.41, 5.74) is 6.89. The molecule has 208 valence electrons. The fraction of sp³-hybridized carbons (Fsp3) is 0.241. The number of carbonyl (C=O) groups excluding carboxylic acids is 1. The van der Waals surface area contributed by atoms with E-state index in [9.17, 15) is 19.1 Å². The van der Waals surface area contributed by atoms with Crippen molar-refractivity contribution in [1.29, 1.82) is 0 Å². The van der Waals surface area contributed by atoms with Gasteiger partial charge in [-0.3, -0.25) is 14.3 Å². The van der Waals surface area contributed by atoms with Gasteiger partial charge in [-0.1, -0.05) is 36.4 Å². The van der Waals surface area contributed by atoms with Crippen molar-refractivity contribution >= 4 is 45.8 Å². The van der Waals surface area contributed by atoms with Crippen LogP contribution >= 0.6 is 11.3 Å². The first-order valence-corrected chi connectivity index (χ1v) is 13.7. The van der Waals surface area contributed by atoms with Gasteiger partial charge in [0.15, 0.2) is 5.82 Å². The van der Waals surface area contributed by atoms with Gasteiger partial charge in [-0.25, -0.2) is 19.3 Å². The van der Waals surface area contributed by atoms with Crippen molar-refractivity contribution in [1.82, 2.24) is 24.7 Å². The number of fused-ring (bicyclic) bond motifs is 2. The number of nitrogens with zero attached hydrogens (tertiary/aromatic N) is 5. The number of para-hydroxylation sites is 1. The number of nitrogens with two attached hydrogens (primary N) is 1. The lowest BCUT2D eigenvalue weighted by Crippen LogP contribution is -2.33. The maximum atomic E-state index is 14.4. The Bertz CT molecular complexity index is 1860. The largest absolute Gasteiger partial charge is 0.481 e. The monoisotopic (exact) mass is 571 g/mol. The molecule has 1 aliphatic heterocycles. The second-order valence-electron chi connectivity index (χ2n) is 10.9. The molecule has 0 bridgehead atoms. The summed E-state index contributed by atoms with van der Waals surface area (Å²) >= 11 is 1.26. The normalized spacial score (nSPS) is 16.6. The van der Waals surface area contributed by atoms with Crippen molar-refractivity contribution in [2.75, 3.05) is 11.1 Å². The number of amides is 1. The molecule has 2 aromatic carbocycles. The summed E-state index contributed by atoms with van der Waals surface area (Å²) < 4.78 is 16.1. The molecular formula is C29H26FN7O3S. The first kappa shape index (κ1) is 26.5. The molecule has 5 aromatic rings. The van der Waals surface area contributed by atoms with E-state index in [-0.39, 0.29) is 42.2 Å². The Kier molecular flexibility index (Phi) is 6.11. The number of thiazole rings is 1. The van der Waals surface area contributed by atoms with Crippen LogP contribution in [0.4, 0.5) is 16.0 Å². The van der Waals surface area contributed by atoms with Gasteiger partial charge in [-0.2, -0.15) is 5.10 Å². The van der Waals surface area contributed by atoms with Gasteiger partial charge in [0.2, 0.25) is 5.91 Å². The summed E-state index contributed by atoms with van der Waals surface area (Å²) in [6.45, 7) is 5.16. The number of nitrogens with one attached hydrogen (secondary N) is 1. The van der Waals surface area contributed by atoms with E-state index in [1.165, 1.54) is 17.4 Å². The maximum Gasteiger partial charge on any atom is 0.309 e. The van der Waals surface area contributed by atoms with Crippen LogP contribution in [0.2, 0.25) is 0 Å². The Morgan fingerprint density at radius 3 is 2.63 bits per heavy atom. The summed E-state index contributed by atoms with van der Waals surface area (Å²) in [5.74, 6) is -1.05. The van der Waals surface area contributed by atoms with E-state index in [4.69, 9.17) is 10.8 Å².